The van der Waals surface area contributed by atoms with E-state index in [2.05, 4.69) is 13.8 Å². The molecule has 0 saturated carbocycles. The smallest absolute Gasteiger partial charge is 0.192 e. The second-order valence-corrected chi connectivity index (χ2v) is 10.2. The molecular weight excluding hydrogens is 351 g/mol. The Balaban J connectivity index is 2.57. The molecule has 3 heteroatoms. The third-order valence-corrected chi connectivity index (χ3v) is 7.34. The van der Waals surface area contributed by atoms with Crippen molar-refractivity contribution in [1.29, 1.82) is 0 Å². The van der Waals surface area contributed by atoms with Gasteiger partial charge in [0, 0.05) is 19.0 Å². The van der Waals surface area contributed by atoms with Gasteiger partial charge in [-0.05, 0) is 75.9 Å². The van der Waals surface area contributed by atoms with Crippen LogP contribution in [0.25, 0.3) is 0 Å². The van der Waals surface area contributed by atoms with E-state index in [0.717, 1.165) is 44.5 Å². The van der Waals surface area contributed by atoms with Crippen molar-refractivity contribution >= 4 is 19.0 Å². The largest absolute Gasteiger partial charge is 0.289 e. The van der Waals surface area contributed by atoms with E-state index in [1.54, 1.807) is 0 Å². The van der Waals surface area contributed by atoms with Crippen molar-refractivity contribution in [2.24, 2.45) is 5.92 Å². The van der Waals surface area contributed by atoms with Crippen LogP contribution in [0.2, 0.25) is 0 Å². The Labute approximate surface area is 165 Å². The van der Waals surface area contributed by atoms with Gasteiger partial charge >= 0.3 is 0 Å². The summed E-state index contributed by atoms with van der Waals surface area (Å²) in [6, 6.07) is 8.15. The lowest BCUT2D eigenvalue weighted by Crippen LogP contribution is -2.16. The molecular formula is C24H31O2P. The van der Waals surface area contributed by atoms with Crippen molar-refractivity contribution < 1.29 is 9.59 Å². The van der Waals surface area contributed by atoms with Crippen LogP contribution >= 0.6 is 7.92 Å². The number of benzene rings is 2. The van der Waals surface area contributed by atoms with Gasteiger partial charge < -0.3 is 0 Å². The highest BCUT2D eigenvalue weighted by molar-refractivity contribution is 7.90. The van der Waals surface area contributed by atoms with Crippen molar-refractivity contribution in [3.63, 3.8) is 0 Å². The van der Waals surface area contributed by atoms with Gasteiger partial charge in [0.15, 0.2) is 11.0 Å². The maximum atomic E-state index is 13.5. The van der Waals surface area contributed by atoms with Gasteiger partial charge in [0.2, 0.25) is 0 Å². The van der Waals surface area contributed by atoms with Crippen molar-refractivity contribution in [3.8, 4) is 0 Å². The van der Waals surface area contributed by atoms with E-state index in [1.165, 1.54) is 0 Å². The lowest BCUT2D eigenvalue weighted by Gasteiger charge is -2.22. The van der Waals surface area contributed by atoms with Crippen LogP contribution in [0.4, 0.5) is 0 Å². The Bertz CT molecular complexity index is 778. The summed E-state index contributed by atoms with van der Waals surface area (Å²) in [5, 5.41) is 0. The van der Waals surface area contributed by atoms with Gasteiger partial charge in [-0.15, -0.1) is 0 Å². The van der Waals surface area contributed by atoms with E-state index in [1.807, 2.05) is 65.8 Å². The van der Waals surface area contributed by atoms with Crippen LogP contribution in [0.1, 0.15) is 67.9 Å². The number of carbonyl (C=O) groups is 2. The van der Waals surface area contributed by atoms with Crippen LogP contribution in [0.3, 0.4) is 0 Å². The maximum Gasteiger partial charge on any atom is 0.192 e. The van der Waals surface area contributed by atoms with E-state index < -0.39 is 7.92 Å². The van der Waals surface area contributed by atoms with Crippen LogP contribution in [0.5, 0.6) is 0 Å². The fraction of sp³-hybridized carbons (Fsp3) is 0.417. The maximum absolute atomic E-state index is 13.5. The second-order valence-electron chi connectivity index (χ2n) is 8.16. The van der Waals surface area contributed by atoms with Crippen LogP contribution in [0.15, 0.2) is 24.3 Å². The first-order chi connectivity index (χ1) is 12.5. The normalized spacial score (nSPS) is 11.3. The summed E-state index contributed by atoms with van der Waals surface area (Å²) < 4.78 is 0. The highest BCUT2D eigenvalue weighted by Gasteiger charge is 2.32. The fourth-order valence-electron chi connectivity index (χ4n) is 3.93. The molecule has 0 unspecified atom stereocenters. The highest BCUT2D eigenvalue weighted by atomic mass is 31.1. The van der Waals surface area contributed by atoms with E-state index in [0.29, 0.717) is 12.1 Å². The molecule has 27 heavy (non-hydrogen) atoms. The topological polar surface area (TPSA) is 34.1 Å². The number of rotatable bonds is 6. The van der Waals surface area contributed by atoms with Crippen molar-refractivity contribution in [3.05, 3.63) is 68.8 Å². The number of hydrogen-bond donors (Lipinski definition) is 0. The van der Waals surface area contributed by atoms with Gasteiger partial charge in [0.05, 0.1) is 0 Å². The predicted octanol–water partition coefficient (Wildman–Crippen LogP) is 6.66. The van der Waals surface area contributed by atoms with Gasteiger partial charge in [-0.3, -0.25) is 9.59 Å². The summed E-state index contributed by atoms with van der Waals surface area (Å²) in [6.07, 6.45) is 0.631. The summed E-state index contributed by atoms with van der Waals surface area (Å²) in [5.74, 6) is 0.293. The molecule has 0 spiro atoms. The minimum absolute atomic E-state index is 0.0260. The van der Waals surface area contributed by atoms with Gasteiger partial charge in [-0.1, -0.05) is 49.2 Å². The van der Waals surface area contributed by atoms with E-state index in [-0.39, 0.29) is 11.0 Å². The van der Waals surface area contributed by atoms with Crippen LogP contribution in [-0.4, -0.2) is 17.2 Å². The number of aryl methyl sites for hydroxylation is 6. The summed E-state index contributed by atoms with van der Waals surface area (Å²) in [6.45, 7) is 16.1. The first-order valence-corrected chi connectivity index (χ1v) is 11.1. The zero-order valence-electron chi connectivity index (χ0n) is 17.9. The van der Waals surface area contributed by atoms with Crippen LogP contribution in [0, 0.1) is 47.5 Å². The Hall–Kier alpha value is -1.79. The SMILES string of the molecule is Cc1cc(C)c(C(=O)P(CC(C)C)C(=O)c2c(C)cc(C)cc2C)c(C)c1. The van der Waals surface area contributed by atoms with Crippen molar-refractivity contribution in [2.75, 3.05) is 6.16 Å². The highest BCUT2D eigenvalue weighted by Crippen LogP contribution is 2.47. The number of hydrogen-bond acceptors (Lipinski definition) is 2. The molecule has 0 heterocycles. The van der Waals surface area contributed by atoms with Gasteiger partial charge in [-0.2, -0.15) is 0 Å². The minimum atomic E-state index is -1.44. The molecule has 0 N–H and O–H groups in total. The Kier molecular flexibility index (Phi) is 6.76. The minimum Gasteiger partial charge on any atom is -0.289 e. The molecule has 2 aromatic carbocycles. The quantitative estimate of drug-likeness (QED) is 0.524. The molecule has 0 atom stereocenters. The molecule has 0 aliphatic rings. The summed E-state index contributed by atoms with van der Waals surface area (Å²) in [4.78, 5) is 27.1. The third kappa shape index (κ3) is 4.74. The molecule has 0 aliphatic heterocycles. The van der Waals surface area contributed by atoms with Gasteiger partial charge in [-0.25, -0.2) is 0 Å². The average molecular weight is 382 g/mol. The van der Waals surface area contributed by atoms with Crippen molar-refractivity contribution in [2.45, 2.75) is 55.4 Å². The molecule has 0 aliphatic carbocycles. The molecule has 0 amide bonds. The molecule has 2 aromatic rings. The van der Waals surface area contributed by atoms with Crippen LogP contribution < -0.4 is 0 Å². The zero-order chi connectivity index (χ0) is 20.5. The Morgan fingerprint density at radius 1 is 0.704 bits per heavy atom. The number of carbonyl (C=O) groups excluding carboxylic acids is 2. The fourth-order valence-corrected chi connectivity index (χ4v) is 6.42. The molecule has 0 aromatic heterocycles. The van der Waals surface area contributed by atoms with E-state index in [4.69, 9.17) is 0 Å². The van der Waals surface area contributed by atoms with Gasteiger partial charge in [0.25, 0.3) is 0 Å². The summed E-state index contributed by atoms with van der Waals surface area (Å²) in [7, 11) is -1.44. The predicted molar refractivity (Wildman–Crippen MR) is 117 cm³/mol. The molecule has 2 nitrogen and oxygen atoms in total. The first kappa shape index (κ1) is 21.5. The Morgan fingerprint density at radius 3 is 1.26 bits per heavy atom. The molecule has 0 saturated heterocycles. The summed E-state index contributed by atoms with van der Waals surface area (Å²) in [5.41, 5.74) is 7.70. The molecule has 0 radical (unpaired) electrons. The summed E-state index contributed by atoms with van der Waals surface area (Å²) >= 11 is 0. The second kappa shape index (κ2) is 8.48. The average Bonchev–Trinajstić information content (AvgIpc) is 2.49. The van der Waals surface area contributed by atoms with Crippen LogP contribution in [-0.2, 0) is 0 Å². The lowest BCUT2D eigenvalue weighted by atomic mass is 10.0. The molecule has 0 fully saturated rings. The molecule has 144 valence electrons. The first-order valence-electron chi connectivity index (χ1n) is 9.54. The van der Waals surface area contributed by atoms with Gasteiger partial charge in [0.1, 0.15) is 0 Å². The monoisotopic (exact) mass is 382 g/mol. The van der Waals surface area contributed by atoms with E-state index in [9.17, 15) is 9.59 Å². The molecule has 2 rings (SSSR count). The lowest BCUT2D eigenvalue weighted by molar-refractivity contribution is 0.105. The zero-order valence-corrected chi connectivity index (χ0v) is 18.8. The van der Waals surface area contributed by atoms with Crippen molar-refractivity contribution in [1.82, 2.24) is 0 Å². The Morgan fingerprint density at radius 2 is 1.00 bits per heavy atom. The standard InChI is InChI=1S/C24H31O2P/c1-14(2)13-27(23(25)21-17(5)9-15(3)10-18(21)6)24(26)22-19(7)11-16(4)12-20(22)8/h9-12,14H,13H2,1-8H3. The molecule has 0 bridgehead atoms. The third-order valence-electron chi connectivity index (χ3n) is 4.82. The van der Waals surface area contributed by atoms with E-state index >= 15 is 0 Å².